The molecule has 0 nitrogen and oxygen atoms in total. The van der Waals surface area contributed by atoms with Gasteiger partial charge in [0.2, 0.25) is 0 Å². The van der Waals surface area contributed by atoms with Crippen LogP contribution >= 0.6 is 0 Å². The van der Waals surface area contributed by atoms with Gasteiger partial charge < -0.3 is 0 Å². The molecule has 0 N–H and O–H groups in total. The molecule has 1 aliphatic rings. The third kappa shape index (κ3) is 6.52. The molecule has 2 aromatic carbocycles. The Morgan fingerprint density at radius 2 is 1.24 bits per heavy atom. The number of unbranched alkanes of at least 4 members (excludes halogenated alkanes) is 8. The van der Waals surface area contributed by atoms with Crippen LogP contribution < -0.4 is 0 Å². The molecule has 182 valence electrons. The van der Waals surface area contributed by atoms with Crippen molar-refractivity contribution >= 4 is 16.3 Å². The molecule has 1 aliphatic carbocycles. The number of rotatable bonds is 16. The van der Waals surface area contributed by atoms with Crippen molar-refractivity contribution in [1.82, 2.24) is 0 Å². The van der Waals surface area contributed by atoms with E-state index in [9.17, 15) is 0 Å². The molecule has 0 spiro atoms. The standard InChI is InChI=1S/C33H50/c1-5-9-13-18-26-24-25-27-19-17-23-31-29(21-15-11-7-3)28(20-14-10-6-2)30(22-16-12-8-4)32(26)33(27)31/h17,19,23-25,29H,5-16,18,20-22H2,1-4H3. The minimum atomic E-state index is 0.645. The highest BCUT2D eigenvalue weighted by Crippen LogP contribution is 2.49. The summed E-state index contributed by atoms with van der Waals surface area (Å²) < 4.78 is 0. The van der Waals surface area contributed by atoms with E-state index < -0.39 is 0 Å². The van der Waals surface area contributed by atoms with Gasteiger partial charge in [0, 0.05) is 5.92 Å². The highest BCUT2D eigenvalue weighted by atomic mass is 14.3. The van der Waals surface area contributed by atoms with Crippen LogP contribution in [-0.2, 0) is 6.42 Å². The molecule has 0 fully saturated rings. The third-order valence-electron chi connectivity index (χ3n) is 7.88. The lowest BCUT2D eigenvalue weighted by molar-refractivity contribution is 0.584. The number of hydrogen-bond acceptors (Lipinski definition) is 0. The average Bonchev–Trinajstić information content (AvgIpc) is 2.83. The first kappa shape index (κ1) is 26.1. The van der Waals surface area contributed by atoms with Crippen LogP contribution in [0.3, 0.4) is 0 Å². The Morgan fingerprint density at radius 3 is 1.94 bits per heavy atom. The molecule has 0 radical (unpaired) electrons. The number of benzene rings is 2. The summed E-state index contributed by atoms with van der Waals surface area (Å²) in [5, 5.41) is 3.10. The maximum absolute atomic E-state index is 2.49. The number of allylic oxidation sites excluding steroid dienone is 2. The van der Waals surface area contributed by atoms with Gasteiger partial charge in [0.25, 0.3) is 0 Å². The summed E-state index contributed by atoms with van der Waals surface area (Å²) in [4.78, 5) is 0. The summed E-state index contributed by atoms with van der Waals surface area (Å²) in [5.41, 5.74) is 8.57. The minimum Gasteiger partial charge on any atom is -0.0654 e. The first-order chi connectivity index (χ1) is 16.3. The Balaban J connectivity index is 2.15. The van der Waals surface area contributed by atoms with Gasteiger partial charge in [-0.15, -0.1) is 0 Å². The summed E-state index contributed by atoms with van der Waals surface area (Å²) in [6.45, 7) is 9.36. The van der Waals surface area contributed by atoms with E-state index >= 15 is 0 Å². The Bertz CT molecular complexity index is 884. The summed E-state index contributed by atoms with van der Waals surface area (Å²) in [6.07, 6.45) is 21.2. The molecule has 0 saturated heterocycles. The highest BCUT2D eigenvalue weighted by Gasteiger charge is 2.29. The van der Waals surface area contributed by atoms with Gasteiger partial charge in [-0.25, -0.2) is 0 Å². The van der Waals surface area contributed by atoms with E-state index in [-0.39, 0.29) is 0 Å². The van der Waals surface area contributed by atoms with Crippen LogP contribution in [0.5, 0.6) is 0 Å². The Kier molecular flexibility index (Phi) is 11.0. The van der Waals surface area contributed by atoms with Crippen LogP contribution in [0.1, 0.15) is 147 Å². The van der Waals surface area contributed by atoms with Crippen LogP contribution in [0.25, 0.3) is 16.3 Å². The lowest BCUT2D eigenvalue weighted by Crippen LogP contribution is -2.14. The van der Waals surface area contributed by atoms with Gasteiger partial charge in [-0.2, -0.15) is 0 Å². The average molecular weight is 447 g/mol. The van der Waals surface area contributed by atoms with Crippen molar-refractivity contribution in [2.45, 2.75) is 136 Å². The van der Waals surface area contributed by atoms with Crippen LogP contribution in [0.4, 0.5) is 0 Å². The predicted molar refractivity (Wildman–Crippen MR) is 149 cm³/mol. The molecule has 0 heterocycles. The topological polar surface area (TPSA) is 0 Å². The zero-order valence-corrected chi connectivity index (χ0v) is 22.3. The lowest BCUT2D eigenvalue weighted by atomic mass is 9.71. The van der Waals surface area contributed by atoms with Crippen LogP contribution in [0, 0.1) is 0 Å². The lowest BCUT2D eigenvalue weighted by Gasteiger charge is -2.34. The van der Waals surface area contributed by atoms with E-state index in [0.29, 0.717) is 5.92 Å². The summed E-state index contributed by atoms with van der Waals surface area (Å²) in [7, 11) is 0. The van der Waals surface area contributed by atoms with E-state index in [4.69, 9.17) is 0 Å². The van der Waals surface area contributed by atoms with Gasteiger partial charge in [-0.3, -0.25) is 0 Å². The molecule has 33 heavy (non-hydrogen) atoms. The first-order valence-corrected chi connectivity index (χ1v) is 14.5. The summed E-state index contributed by atoms with van der Waals surface area (Å²) in [6, 6.07) is 12.1. The maximum Gasteiger partial charge on any atom is 0.00605 e. The van der Waals surface area contributed by atoms with Gasteiger partial charge in [0.05, 0.1) is 0 Å². The minimum absolute atomic E-state index is 0.645. The molecule has 0 aromatic heterocycles. The first-order valence-electron chi connectivity index (χ1n) is 14.5. The van der Waals surface area contributed by atoms with Gasteiger partial charge in [0.15, 0.2) is 0 Å². The quantitative estimate of drug-likeness (QED) is 0.225. The van der Waals surface area contributed by atoms with E-state index in [2.05, 4.69) is 58.0 Å². The largest absolute Gasteiger partial charge is 0.0654 e. The fourth-order valence-corrected chi connectivity index (χ4v) is 6.07. The van der Waals surface area contributed by atoms with Crippen LogP contribution in [-0.4, -0.2) is 0 Å². The van der Waals surface area contributed by atoms with Crippen molar-refractivity contribution in [2.75, 3.05) is 0 Å². The fourth-order valence-electron chi connectivity index (χ4n) is 6.07. The smallest absolute Gasteiger partial charge is 0.00605 e. The van der Waals surface area contributed by atoms with Gasteiger partial charge in [-0.05, 0) is 78.0 Å². The van der Waals surface area contributed by atoms with E-state index in [1.807, 2.05) is 5.57 Å². The summed E-state index contributed by atoms with van der Waals surface area (Å²) >= 11 is 0. The summed E-state index contributed by atoms with van der Waals surface area (Å²) in [5.74, 6) is 0.645. The Hall–Kier alpha value is -1.56. The van der Waals surface area contributed by atoms with Crippen molar-refractivity contribution in [3.05, 3.63) is 52.6 Å². The molecule has 2 aromatic rings. The zero-order valence-electron chi connectivity index (χ0n) is 22.3. The second kappa shape index (κ2) is 14.0. The highest BCUT2D eigenvalue weighted by molar-refractivity contribution is 6.01. The van der Waals surface area contributed by atoms with Crippen molar-refractivity contribution < 1.29 is 0 Å². The second-order valence-corrected chi connectivity index (χ2v) is 10.5. The van der Waals surface area contributed by atoms with Crippen LogP contribution in [0.15, 0.2) is 35.9 Å². The monoisotopic (exact) mass is 446 g/mol. The second-order valence-electron chi connectivity index (χ2n) is 10.5. The molecule has 0 bridgehead atoms. The zero-order chi connectivity index (χ0) is 23.5. The van der Waals surface area contributed by atoms with Crippen molar-refractivity contribution in [3.63, 3.8) is 0 Å². The molecule has 0 heteroatoms. The van der Waals surface area contributed by atoms with Gasteiger partial charge in [0.1, 0.15) is 0 Å². The SMILES string of the molecule is CCCCCC1=C(CCCCC)C(CCCCC)c2cccc3ccc(CCCCC)c1c23. The van der Waals surface area contributed by atoms with Crippen molar-refractivity contribution in [2.24, 2.45) is 0 Å². The molecule has 1 unspecified atom stereocenters. The molecule has 0 saturated carbocycles. The molecule has 3 rings (SSSR count). The third-order valence-corrected chi connectivity index (χ3v) is 7.88. The molecule has 0 aliphatic heterocycles. The van der Waals surface area contributed by atoms with Gasteiger partial charge >= 0.3 is 0 Å². The number of hydrogen-bond donors (Lipinski definition) is 0. The van der Waals surface area contributed by atoms with Crippen molar-refractivity contribution in [1.29, 1.82) is 0 Å². The maximum atomic E-state index is 2.49. The van der Waals surface area contributed by atoms with E-state index in [0.717, 1.165) is 0 Å². The molecule has 0 amide bonds. The fraction of sp³-hybridized carbons (Fsp3) is 0.636. The van der Waals surface area contributed by atoms with Crippen LogP contribution in [0.2, 0.25) is 0 Å². The Morgan fingerprint density at radius 1 is 0.606 bits per heavy atom. The normalized spacial score (nSPS) is 15.6. The van der Waals surface area contributed by atoms with E-state index in [1.165, 1.54) is 108 Å². The molecular weight excluding hydrogens is 396 g/mol. The Labute approximate surface area is 205 Å². The predicted octanol–water partition coefficient (Wildman–Crippen LogP) is 11.2. The molecule has 1 atom stereocenters. The van der Waals surface area contributed by atoms with E-state index in [1.54, 1.807) is 27.6 Å². The number of aryl methyl sites for hydroxylation is 1. The van der Waals surface area contributed by atoms with Crippen molar-refractivity contribution in [3.8, 4) is 0 Å². The molecular formula is C33H50. The van der Waals surface area contributed by atoms with Gasteiger partial charge in [-0.1, -0.05) is 121 Å².